The van der Waals surface area contributed by atoms with Gasteiger partial charge in [0.1, 0.15) is 13.2 Å². The average molecular weight is 397 g/mol. The fourth-order valence-electron chi connectivity index (χ4n) is 2.77. The highest BCUT2D eigenvalue weighted by Gasteiger charge is 2.20. The van der Waals surface area contributed by atoms with Gasteiger partial charge >= 0.3 is 5.97 Å². The van der Waals surface area contributed by atoms with Crippen LogP contribution in [0.1, 0.15) is 35.7 Å². The quantitative estimate of drug-likeness (QED) is 0.569. The van der Waals surface area contributed by atoms with Crippen molar-refractivity contribution < 1.29 is 28.6 Å². The number of nitrogens with one attached hydrogen (secondary N) is 1. The first-order valence-corrected chi connectivity index (χ1v) is 9.42. The maximum absolute atomic E-state index is 12.3. The van der Waals surface area contributed by atoms with Crippen LogP contribution in [0.5, 0.6) is 11.5 Å². The number of aryl methyl sites for hydroxylation is 1. The maximum atomic E-state index is 12.3. The zero-order chi connectivity index (χ0) is 20.8. The number of hydrogen-bond acceptors (Lipinski definition) is 6. The van der Waals surface area contributed by atoms with Crippen LogP contribution in [0.3, 0.4) is 0 Å². The van der Waals surface area contributed by atoms with E-state index in [4.69, 9.17) is 14.2 Å². The van der Waals surface area contributed by atoms with E-state index in [1.807, 2.05) is 19.1 Å². The topological polar surface area (TPSA) is 90.9 Å². The smallest absolute Gasteiger partial charge is 0.307 e. The third-order valence-electron chi connectivity index (χ3n) is 4.42. The molecule has 0 radical (unpaired) electrons. The van der Waals surface area contributed by atoms with Gasteiger partial charge in [-0.05, 0) is 26.0 Å². The van der Waals surface area contributed by atoms with Gasteiger partial charge in [-0.15, -0.1) is 0 Å². The molecule has 1 heterocycles. The maximum Gasteiger partial charge on any atom is 0.307 e. The van der Waals surface area contributed by atoms with Gasteiger partial charge in [0.05, 0.1) is 6.42 Å². The minimum Gasteiger partial charge on any atom is -0.486 e. The molecule has 0 aliphatic carbocycles. The van der Waals surface area contributed by atoms with E-state index in [2.05, 4.69) is 5.32 Å². The predicted octanol–water partition coefficient (Wildman–Crippen LogP) is 3.30. The normalized spacial score (nSPS) is 13.3. The van der Waals surface area contributed by atoms with Crippen LogP contribution in [0.15, 0.2) is 42.5 Å². The first kappa shape index (κ1) is 20.4. The van der Waals surface area contributed by atoms with Gasteiger partial charge in [-0.3, -0.25) is 14.4 Å². The molecule has 0 bridgehead atoms. The fourth-order valence-corrected chi connectivity index (χ4v) is 2.77. The zero-order valence-corrected chi connectivity index (χ0v) is 16.4. The molecule has 0 saturated heterocycles. The molecular formula is C22H23NO6. The number of anilines is 1. The Morgan fingerprint density at radius 3 is 2.41 bits per heavy atom. The Hall–Kier alpha value is -3.35. The van der Waals surface area contributed by atoms with Gasteiger partial charge in [-0.25, -0.2) is 0 Å². The molecular weight excluding hydrogens is 374 g/mol. The Bertz CT molecular complexity index is 906. The molecule has 2 aromatic rings. The third kappa shape index (κ3) is 5.57. The van der Waals surface area contributed by atoms with E-state index in [0.717, 1.165) is 5.56 Å². The Morgan fingerprint density at radius 2 is 1.69 bits per heavy atom. The van der Waals surface area contributed by atoms with Gasteiger partial charge in [-0.1, -0.05) is 29.8 Å². The number of esters is 1. The molecule has 0 spiro atoms. The second-order valence-corrected chi connectivity index (χ2v) is 6.77. The van der Waals surface area contributed by atoms with E-state index in [-0.39, 0.29) is 18.6 Å². The Balaban J connectivity index is 1.47. The van der Waals surface area contributed by atoms with Crippen LogP contribution in [-0.4, -0.2) is 37.0 Å². The molecule has 1 aliphatic rings. The summed E-state index contributed by atoms with van der Waals surface area (Å²) in [7, 11) is 0. The first-order valence-electron chi connectivity index (χ1n) is 9.42. The Labute approximate surface area is 169 Å². The predicted molar refractivity (Wildman–Crippen MR) is 106 cm³/mol. The van der Waals surface area contributed by atoms with Crippen LogP contribution in [0.25, 0.3) is 0 Å². The van der Waals surface area contributed by atoms with Crippen molar-refractivity contribution in [2.45, 2.75) is 32.8 Å². The van der Waals surface area contributed by atoms with Crippen LogP contribution in [-0.2, 0) is 14.3 Å². The molecule has 0 fully saturated rings. The standard InChI is InChI=1S/C22H23NO6/c1-14-3-5-16(6-4-14)18(24)8-10-21(25)29-15(2)22(26)23-17-7-9-19-20(13-17)28-12-11-27-19/h3-7,9,13,15H,8,10-12H2,1-2H3,(H,23,26). The van der Waals surface area contributed by atoms with Gasteiger partial charge < -0.3 is 19.5 Å². The van der Waals surface area contributed by atoms with E-state index in [1.165, 1.54) is 6.92 Å². The Kier molecular flexibility index (Phi) is 6.49. The summed E-state index contributed by atoms with van der Waals surface area (Å²) in [5.41, 5.74) is 2.11. The lowest BCUT2D eigenvalue weighted by molar-refractivity contribution is -0.153. The van der Waals surface area contributed by atoms with Crippen LogP contribution in [0.2, 0.25) is 0 Å². The fraction of sp³-hybridized carbons (Fsp3) is 0.318. The first-order chi connectivity index (χ1) is 13.9. The number of Topliss-reactive ketones (excluding diaryl/α,β-unsaturated/α-hetero) is 1. The van der Waals surface area contributed by atoms with Gasteiger partial charge in [-0.2, -0.15) is 0 Å². The van der Waals surface area contributed by atoms with Crippen LogP contribution in [0, 0.1) is 6.92 Å². The third-order valence-corrected chi connectivity index (χ3v) is 4.42. The van der Waals surface area contributed by atoms with E-state index < -0.39 is 18.0 Å². The van der Waals surface area contributed by atoms with Crippen LogP contribution in [0.4, 0.5) is 5.69 Å². The number of hydrogen-bond donors (Lipinski definition) is 1. The summed E-state index contributed by atoms with van der Waals surface area (Å²) in [6.45, 7) is 4.34. The molecule has 0 saturated carbocycles. The number of carbonyl (C=O) groups excluding carboxylic acids is 3. The second kappa shape index (κ2) is 9.23. The van der Waals surface area contributed by atoms with Crippen molar-refractivity contribution in [2.75, 3.05) is 18.5 Å². The summed E-state index contributed by atoms with van der Waals surface area (Å²) >= 11 is 0. The molecule has 7 nitrogen and oxygen atoms in total. The molecule has 1 amide bonds. The van der Waals surface area contributed by atoms with Crippen LogP contribution >= 0.6 is 0 Å². The Morgan fingerprint density at radius 1 is 1.00 bits per heavy atom. The van der Waals surface area contributed by atoms with Gasteiger partial charge in [0.15, 0.2) is 23.4 Å². The van der Waals surface area contributed by atoms with Crippen molar-refractivity contribution in [3.63, 3.8) is 0 Å². The minimum absolute atomic E-state index is 0.0262. The second-order valence-electron chi connectivity index (χ2n) is 6.77. The number of benzene rings is 2. The van der Waals surface area contributed by atoms with Gasteiger partial charge in [0, 0.05) is 23.7 Å². The molecule has 7 heteroatoms. The summed E-state index contributed by atoms with van der Waals surface area (Å²) < 4.78 is 16.1. The minimum atomic E-state index is -0.995. The molecule has 152 valence electrons. The lowest BCUT2D eigenvalue weighted by Crippen LogP contribution is -2.30. The van der Waals surface area contributed by atoms with Crippen molar-refractivity contribution in [2.24, 2.45) is 0 Å². The monoisotopic (exact) mass is 397 g/mol. The lowest BCUT2D eigenvalue weighted by Gasteiger charge is -2.19. The summed E-state index contributed by atoms with van der Waals surface area (Å²) in [4.78, 5) is 36.4. The molecule has 1 atom stereocenters. The molecule has 29 heavy (non-hydrogen) atoms. The number of ketones is 1. The SMILES string of the molecule is Cc1ccc(C(=O)CCC(=O)OC(C)C(=O)Nc2ccc3c(c2)OCCO3)cc1. The van der Waals surface area contributed by atoms with Crippen molar-refractivity contribution in [1.82, 2.24) is 0 Å². The number of rotatable bonds is 7. The van der Waals surface area contributed by atoms with E-state index in [1.54, 1.807) is 30.3 Å². The molecule has 1 N–H and O–H groups in total. The van der Waals surface area contributed by atoms with Crippen molar-refractivity contribution in [1.29, 1.82) is 0 Å². The zero-order valence-electron chi connectivity index (χ0n) is 16.4. The van der Waals surface area contributed by atoms with Crippen molar-refractivity contribution in [3.8, 4) is 11.5 Å². The summed E-state index contributed by atoms with van der Waals surface area (Å²) in [5.74, 6) is -0.0502. The molecule has 1 aliphatic heterocycles. The number of fused-ring (bicyclic) bond motifs is 1. The average Bonchev–Trinajstić information content (AvgIpc) is 2.72. The summed E-state index contributed by atoms with van der Waals surface area (Å²) in [5, 5.41) is 2.67. The molecule has 0 aromatic heterocycles. The molecule has 3 rings (SSSR count). The van der Waals surface area contributed by atoms with Crippen molar-refractivity contribution in [3.05, 3.63) is 53.6 Å². The number of amides is 1. The van der Waals surface area contributed by atoms with Gasteiger partial charge in [0.25, 0.3) is 5.91 Å². The molecule has 1 unspecified atom stereocenters. The van der Waals surface area contributed by atoms with E-state index in [9.17, 15) is 14.4 Å². The van der Waals surface area contributed by atoms with Crippen LogP contribution < -0.4 is 14.8 Å². The van der Waals surface area contributed by atoms with E-state index >= 15 is 0 Å². The lowest BCUT2D eigenvalue weighted by atomic mass is 10.1. The summed E-state index contributed by atoms with van der Waals surface area (Å²) in [6, 6.07) is 12.2. The highest BCUT2D eigenvalue weighted by molar-refractivity contribution is 5.98. The molecule has 2 aromatic carbocycles. The summed E-state index contributed by atoms with van der Waals surface area (Å²) in [6.07, 6.45) is -1.06. The van der Waals surface area contributed by atoms with Gasteiger partial charge in [0.2, 0.25) is 0 Å². The van der Waals surface area contributed by atoms with Crippen molar-refractivity contribution >= 4 is 23.3 Å². The highest BCUT2D eigenvalue weighted by atomic mass is 16.6. The number of carbonyl (C=O) groups is 3. The van der Waals surface area contributed by atoms with E-state index in [0.29, 0.717) is 36.0 Å². The highest BCUT2D eigenvalue weighted by Crippen LogP contribution is 2.32. The largest absolute Gasteiger partial charge is 0.486 e. The number of ether oxygens (including phenoxy) is 3.